The number of carbonyl (C=O) groups is 1. The van der Waals surface area contributed by atoms with Crippen molar-refractivity contribution in [2.45, 2.75) is 24.1 Å². The topological polar surface area (TPSA) is 72.5 Å². The van der Waals surface area contributed by atoms with Crippen LogP contribution in [0.3, 0.4) is 0 Å². The van der Waals surface area contributed by atoms with Gasteiger partial charge in [0.1, 0.15) is 10.3 Å². The molecule has 0 aliphatic heterocycles. The monoisotopic (exact) mass is 263 g/mol. The van der Waals surface area contributed by atoms with Gasteiger partial charge in [0.05, 0.1) is 7.11 Å². The zero-order valence-corrected chi connectivity index (χ0v) is 10.8. The first-order valence-electron chi connectivity index (χ1n) is 4.53. The number of hydrogen-bond acceptors (Lipinski definition) is 5. The molecule has 0 aliphatic rings. The maximum atomic E-state index is 11.8. The Hall–Kier alpha value is -0.920. The second-order valence-electron chi connectivity index (χ2n) is 3.23. The summed E-state index contributed by atoms with van der Waals surface area (Å²) in [7, 11) is -2.42. The second kappa shape index (κ2) is 4.94. The predicted molar refractivity (Wildman–Crippen MR) is 60.9 cm³/mol. The molecule has 1 rings (SSSR count). The fourth-order valence-corrected chi connectivity index (χ4v) is 3.56. The molecule has 1 aromatic heterocycles. The number of aryl methyl sites for hydroxylation is 1. The number of esters is 1. The largest absolute Gasteiger partial charge is 0.468 e. The summed E-state index contributed by atoms with van der Waals surface area (Å²) in [6.45, 7) is 3.25. The molecule has 1 aromatic rings. The number of hydrogen-bond donors (Lipinski definition) is 1. The van der Waals surface area contributed by atoms with Crippen molar-refractivity contribution in [2.75, 3.05) is 7.11 Å². The highest BCUT2D eigenvalue weighted by molar-refractivity contribution is 7.91. The van der Waals surface area contributed by atoms with E-state index < -0.39 is 22.0 Å². The van der Waals surface area contributed by atoms with Crippen molar-refractivity contribution in [3.8, 4) is 0 Å². The molecular formula is C9H13NO4S2. The first-order chi connectivity index (χ1) is 7.36. The Morgan fingerprint density at radius 3 is 2.56 bits per heavy atom. The number of carbonyl (C=O) groups excluding carboxylic acids is 1. The lowest BCUT2D eigenvalue weighted by Gasteiger charge is -2.10. The van der Waals surface area contributed by atoms with Crippen LogP contribution in [-0.4, -0.2) is 27.5 Å². The lowest BCUT2D eigenvalue weighted by atomic mass is 10.4. The summed E-state index contributed by atoms with van der Waals surface area (Å²) in [5, 5.41) is 0. The van der Waals surface area contributed by atoms with E-state index >= 15 is 0 Å². The Bertz CT molecular complexity index is 477. The van der Waals surface area contributed by atoms with Crippen LogP contribution in [0, 0.1) is 6.92 Å². The summed E-state index contributed by atoms with van der Waals surface area (Å²) in [6.07, 6.45) is 0. The highest BCUT2D eigenvalue weighted by Gasteiger charge is 2.23. The summed E-state index contributed by atoms with van der Waals surface area (Å²) in [5.41, 5.74) is 0. The number of nitrogens with one attached hydrogen (secondary N) is 1. The zero-order valence-electron chi connectivity index (χ0n) is 9.18. The Morgan fingerprint density at radius 1 is 1.50 bits per heavy atom. The van der Waals surface area contributed by atoms with E-state index in [1.54, 1.807) is 6.07 Å². The summed E-state index contributed by atoms with van der Waals surface area (Å²) < 4.78 is 30.4. The maximum absolute atomic E-state index is 11.8. The fourth-order valence-electron chi connectivity index (χ4n) is 1.07. The van der Waals surface area contributed by atoms with Crippen LogP contribution < -0.4 is 4.72 Å². The standard InChI is InChI=1S/C9H13NO4S2/c1-6-4-5-8(15-6)16(12,13)10-7(2)9(11)14-3/h4-5,7,10H,1-3H3. The predicted octanol–water partition coefficient (Wildman–Crippen LogP) is 0.896. The maximum Gasteiger partial charge on any atom is 0.323 e. The highest BCUT2D eigenvalue weighted by Crippen LogP contribution is 2.20. The van der Waals surface area contributed by atoms with Crippen molar-refractivity contribution in [1.82, 2.24) is 4.72 Å². The van der Waals surface area contributed by atoms with Crippen LogP contribution >= 0.6 is 11.3 Å². The molecule has 1 N–H and O–H groups in total. The van der Waals surface area contributed by atoms with Crippen LogP contribution in [0.5, 0.6) is 0 Å². The quantitative estimate of drug-likeness (QED) is 0.819. The van der Waals surface area contributed by atoms with Crippen molar-refractivity contribution in [3.05, 3.63) is 17.0 Å². The molecule has 0 saturated heterocycles. The van der Waals surface area contributed by atoms with Crippen LogP contribution in [0.15, 0.2) is 16.3 Å². The first-order valence-corrected chi connectivity index (χ1v) is 6.83. The summed E-state index contributed by atoms with van der Waals surface area (Å²) >= 11 is 1.15. The SMILES string of the molecule is COC(=O)C(C)NS(=O)(=O)c1ccc(C)s1. The van der Waals surface area contributed by atoms with Crippen LogP contribution in [0.1, 0.15) is 11.8 Å². The van der Waals surface area contributed by atoms with E-state index in [-0.39, 0.29) is 4.21 Å². The molecule has 7 heteroatoms. The van der Waals surface area contributed by atoms with E-state index in [0.717, 1.165) is 16.2 Å². The number of ether oxygens (including phenoxy) is 1. The number of thiophene rings is 1. The molecule has 1 atom stereocenters. The van der Waals surface area contributed by atoms with Gasteiger partial charge in [-0.25, -0.2) is 8.42 Å². The lowest BCUT2D eigenvalue weighted by molar-refractivity contribution is -0.142. The average molecular weight is 263 g/mol. The van der Waals surface area contributed by atoms with Gasteiger partial charge < -0.3 is 4.74 Å². The Kier molecular flexibility index (Phi) is 4.06. The van der Waals surface area contributed by atoms with Gasteiger partial charge in [-0.15, -0.1) is 11.3 Å². The summed E-state index contributed by atoms with van der Waals surface area (Å²) in [5.74, 6) is -0.614. The van der Waals surface area contributed by atoms with Gasteiger partial charge in [0, 0.05) is 4.88 Å². The molecule has 1 unspecified atom stereocenters. The minimum atomic E-state index is -3.63. The van der Waals surface area contributed by atoms with Gasteiger partial charge >= 0.3 is 5.97 Å². The van der Waals surface area contributed by atoms with Gasteiger partial charge in [-0.3, -0.25) is 4.79 Å². The average Bonchev–Trinajstić information content (AvgIpc) is 2.63. The molecule has 0 fully saturated rings. The van der Waals surface area contributed by atoms with E-state index in [4.69, 9.17) is 0 Å². The van der Waals surface area contributed by atoms with Crippen molar-refractivity contribution in [1.29, 1.82) is 0 Å². The first kappa shape index (κ1) is 13.1. The van der Waals surface area contributed by atoms with Gasteiger partial charge in [-0.05, 0) is 26.0 Å². The molecule has 0 aromatic carbocycles. The second-order valence-corrected chi connectivity index (χ2v) is 6.46. The Morgan fingerprint density at radius 2 is 2.12 bits per heavy atom. The third kappa shape index (κ3) is 3.03. The third-order valence-corrected chi connectivity index (χ3v) is 4.90. The molecule has 16 heavy (non-hydrogen) atoms. The van der Waals surface area contributed by atoms with Crippen molar-refractivity contribution >= 4 is 27.3 Å². The Labute approximate surface area is 98.5 Å². The number of sulfonamides is 1. The molecule has 0 saturated carbocycles. The van der Waals surface area contributed by atoms with Gasteiger partial charge in [0.2, 0.25) is 0 Å². The highest BCUT2D eigenvalue weighted by atomic mass is 32.2. The Balaban J connectivity index is 2.84. The van der Waals surface area contributed by atoms with E-state index in [0.29, 0.717) is 0 Å². The van der Waals surface area contributed by atoms with E-state index in [1.807, 2.05) is 6.92 Å². The van der Waals surface area contributed by atoms with E-state index in [9.17, 15) is 13.2 Å². The molecule has 0 amide bonds. The minimum absolute atomic E-state index is 0.195. The third-order valence-electron chi connectivity index (χ3n) is 1.87. The molecule has 90 valence electrons. The fraction of sp³-hybridized carbons (Fsp3) is 0.444. The molecular weight excluding hydrogens is 250 g/mol. The van der Waals surface area contributed by atoms with Gasteiger partial charge in [-0.2, -0.15) is 4.72 Å². The van der Waals surface area contributed by atoms with Gasteiger partial charge in [0.25, 0.3) is 10.0 Å². The molecule has 0 aliphatic carbocycles. The minimum Gasteiger partial charge on any atom is -0.468 e. The van der Waals surface area contributed by atoms with Gasteiger partial charge in [-0.1, -0.05) is 0 Å². The number of rotatable bonds is 4. The van der Waals surface area contributed by atoms with Crippen LogP contribution in [0.4, 0.5) is 0 Å². The molecule has 0 spiro atoms. The lowest BCUT2D eigenvalue weighted by Crippen LogP contribution is -2.38. The molecule has 0 bridgehead atoms. The van der Waals surface area contributed by atoms with Crippen LogP contribution in [0.25, 0.3) is 0 Å². The van der Waals surface area contributed by atoms with E-state index in [2.05, 4.69) is 9.46 Å². The zero-order chi connectivity index (χ0) is 12.3. The molecule has 1 heterocycles. The normalized spacial score (nSPS) is 13.4. The van der Waals surface area contributed by atoms with Crippen molar-refractivity contribution in [2.24, 2.45) is 0 Å². The smallest absolute Gasteiger partial charge is 0.323 e. The summed E-state index contributed by atoms with van der Waals surface area (Å²) in [4.78, 5) is 12.0. The summed E-state index contributed by atoms with van der Waals surface area (Å²) in [6, 6.07) is 2.33. The molecule has 0 radical (unpaired) electrons. The number of methoxy groups -OCH3 is 1. The van der Waals surface area contributed by atoms with Crippen molar-refractivity contribution in [3.63, 3.8) is 0 Å². The van der Waals surface area contributed by atoms with Crippen LogP contribution in [-0.2, 0) is 19.6 Å². The van der Waals surface area contributed by atoms with Crippen LogP contribution in [0.2, 0.25) is 0 Å². The van der Waals surface area contributed by atoms with Gasteiger partial charge in [0.15, 0.2) is 0 Å². The van der Waals surface area contributed by atoms with E-state index in [1.165, 1.54) is 20.1 Å². The van der Waals surface area contributed by atoms with Crippen molar-refractivity contribution < 1.29 is 17.9 Å². The molecule has 5 nitrogen and oxygen atoms in total.